The molecule has 1 aromatic carbocycles. The van der Waals surface area contributed by atoms with Gasteiger partial charge in [0.05, 0.1) is 11.7 Å². The van der Waals surface area contributed by atoms with Gasteiger partial charge in [-0.05, 0) is 25.1 Å². The van der Waals surface area contributed by atoms with Crippen molar-refractivity contribution in [2.45, 2.75) is 19.2 Å². The normalized spacial score (nSPS) is 12.7. The number of aliphatic hydroxyl groups is 1. The Hall–Kier alpha value is -2.16. The van der Waals surface area contributed by atoms with Crippen molar-refractivity contribution in [2.24, 2.45) is 0 Å². The Morgan fingerprint density at radius 3 is 2.43 bits per heavy atom. The molecule has 0 aliphatic carbocycles. The summed E-state index contributed by atoms with van der Waals surface area (Å²) in [5, 5.41) is 12.9. The molecule has 116 valence electrons. The van der Waals surface area contributed by atoms with Gasteiger partial charge in [-0.1, -0.05) is 0 Å². The molecular weight excluding hydrogens is 296 g/mol. The van der Waals surface area contributed by atoms with Gasteiger partial charge in [-0.15, -0.1) is 0 Å². The molecule has 0 bridgehead atoms. The van der Waals surface area contributed by atoms with Crippen molar-refractivity contribution in [3.63, 3.8) is 0 Å². The molecular formula is C12H12F4N2O3. The molecule has 1 aromatic rings. The lowest BCUT2D eigenvalue weighted by Crippen LogP contribution is -2.38. The number of nitrogens with one attached hydrogen (secondary N) is 2. The number of halogens is 4. The molecule has 3 N–H and O–H groups in total. The van der Waals surface area contributed by atoms with E-state index in [1.54, 1.807) is 0 Å². The first-order valence-electron chi connectivity index (χ1n) is 5.75. The van der Waals surface area contributed by atoms with E-state index in [1.807, 2.05) is 5.32 Å². The van der Waals surface area contributed by atoms with Gasteiger partial charge in [-0.2, -0.15) is 13.2 Å². The lowest BCUT2D eigenvalue weighted by atomic mass is 10.2. The van der Waals surface area contributed by atoms with Crippen LogP contribution < -0.4 is 10.6 Å². The number of anilines is 1. The van der Waals surface area contributed by atoms with Gasteiger partial charge in [0, 0.05) is 12.2 Å². The van der Waals surface area contributed by atoms with Gasteiger partial charge in [-0.3, -0.25) is 9.59 Å². The van der Waals surface area contributed by atoms with E-state index in [-0.39, 0.29) is 12.2 Å². The molecule has 0 spiro atoms. The summed E-state index contributed by atoms with van der Waals surface area (Å²) in [6.45, 7) is 1.18. The smallest absolute Gasteiger partial charge is 0.392 e. The van der Waals surface area contributed by atoms with Crippen molar-refractivity contribution >= 4 is 17.5 Å². The Balaban J connectivity index is 2.80. The number of hydrogen-bond acceptors (Lipinski definition) is 3. The third-order valence-electron chi connectivity index (χ3n) is 2.29. The van der Waals surface area contributed by atoms with Crippen LogP contribution in [0.2, 0.25) is 0 Å². The molecule has 2 amide bonds. The minimum absolute atomic E-state index is 0.191. The topological polar surface area (TPSA) is 78.4 Å². The zero-order valence-electron chi connectivity index (χ0n) is 10.8. The van der Waals surface area contributed by atoms with Crippen molar-refractivity contribution < 1.29 is 32.3 Å². The molecule has 0 aromatic heterocycles. The summed E-state index contributed by atoms with van der Waals surface area (Å²) in [6.07, 6.45) is -5.80. The highest BCUT2D eigenvalue weighted by atomic mass is 19.4. The van der Waals surface area contributed by atoms with Gasteiger partial charge in [0.25, 0.3) is 0 Å². The van der Waals surface area contributed by atoms with Crippen LogP contribution in [0.3, 0.4) is 0 Å². The summed E-state index contributed by atoms with van der Waals surface area (Å²) in [7, 11) is 0. The van der Waals surface area contributed by atoms with Crippen LogP contribution in [0, 0.1) is 5.82 Å². The number of amides is 2. The van der Waals surface area contributed by atoms with E-state index in [4.69, 9.17) is 5.11 Å². The van der Waals surface area contributed by atoms with Crippen molar-refractivity contribution in [1.82, 2.24) is 5.32 Å². The standard InChI is InChI=1S/C12H12F4N2O3/c1-6(19)5-17-10(20)11(21)18-7-2-3-9(13)8(4-7)12(14,15)16/h2-4,6,19H,5H2,1H3,(H,17,20)(H,18,21). The second-order valence-corrected chi connectivity index (χ2v) is 4.21. The number of hydrogen-bond donors (Lipinski definition) is 3. The number of benzene rings is 1. The molecule has 1 rings (SSSR count). The number of rotatable bonds is 3. The molecule has 9 heteroatoms. The fraction of sp³-hybridized carbons (Fsp3) is 0.333. The summed E-state index contributed by atoms with van der Waals surface area (Å²) in [5.74, 6) is -3.84. The second kappa shape index (κ2) is 6.53. The minimum atomic E-state index is -4.92. The molecule has 5 nitrogen and oxygen atoms in total. The molecule has 21 heavy (non-hydrogen) atoms. The Labute approximate surface area is 117 Å². The van der Waals surface area contributed by atoms with E-state index < -0.39 is 35.5 Å². The first kappa shape index (κ1) is 16.9. The Bertz CT molecular complexity index is 544. The van der Waals surface area contributed by atoms with Crippen LogP contribution in [0.4, 0.5) is 23.2 Å². The van der Waals surface area contributed by atoms with Crippen LogP contribution in [-0.2, 0) is 15.8 Å². The summed E-state index contributed by atoms with van der Waals surface area (Å²) in [6, 6.07) is 1.81. The Kier molecular flexibility index (Phi) is 5.25. The second-order valence-electron chi connectivity index (χ2n) is 4.21. The number of carbonyl (C=O) groups is 2. The first-order valence-corrected chi connectivity index (χ1v) is 5.75. The van der Waals surface area contributed by atoms with Crippen molar-refractivity contribution in [2.75, 3.05) is 11.9 Å². The summed E-state index contributed by atoms with van der Waals surface area (Å²) < 4.78 is 50.5. The van der Waals surface area contributed by atoms with Crippen LogP contribution in [-0.4, -0.2) is 29.6 Å². The van der Waals surface area contributed by atoms with Gasteiger partial charge in [0.1, 0.15) is 5.82 Å². The molecule has 1 unspecified atom stereocenters. The number of carbonyl (C=O) groups excluding carboxylic acids is 2. The van der Waals surface area contributed by atoms with E-state index >= 15 is 0 Å². The SMILES string of the molecule is CC(O)CNC(=O)C(=O)Nc1ccc(F)c(C(F)(F)F)c1. The lowest BCUT2D eigenvalue weighted by Gasteiger charge is -2.11. The van der Waals surface area contributed by atoms with Crippen LogP contribution in [0.15, 0.2) is 18.2 Å². The molecule has 0 heterocycles. The van der Waals surface area contributed by atoms with Crippen molar-refractivity contribution in [1.29, 1.82) is 0 Å². The van der Waals surface area contributed by atoms with E-state index in [9.17, 15) is 27.2 Å². The predicted octanol–water partition coefficient (Wildman–Crippen LogP) is 1.28. The average Bonchev–Trinajstić information content (AvgIpc) is 2.36. The molecule has 0 radical (unpaired) electrons. The summed E-state index contributed by atoms with van der Waals surface area (Å²) in [4.78, 5) is 22.7. The van der Waals surface area contributed by atoms with Gasteiger partial charge in [0.2, 0.25) is 0 Å². The molecule has 0 saturated heterocycles. The fourth-order valence-electron chi connectivity index (χ4n) is 1.33. The number of alkyl halides is 3. The third-order valence-corrected chi connectivity index (χ3v) is 2.29. The third kappa shape index (κ3) is 5.03. The van der Waals surface area contributed by atoms with Crippen molar-refractivity contribution in [3.8, 4) is 0 Å². The zero-order chi connectivity index (χ0) is 16.2. The number of aliphatic hydroxyl groups excluding tert-OH is 1. The highest BCUT2D eigenvalue weighted by Crippen LogP contribution is 2.32. The van der Waals surface area contributed by atoms with Gasteiger partial charge in [0.15, 0.2) is 0 Å². The molecule has 0 aliphatic rings. The minimum Gasteiger partial charge on any atom is -0.392 e. The van der Waals surface area contributed by atoms with Crippen LogP contribution in [0.1, 0.15) is 12.5 Å². The molecule has 1 atom stereocenters. The highest BCUT2D eigenvalue weighted by Gasteiger charge is 2.34. The quantitative estimate of drug-likeness (QED) is 0.581. The highest BCUT2D eigenvalue weighted by molar-refractivity contribution is 6.39. The molecule has 0 saturated carbocycles. The molecule has 0 aliphatic heterocycles. The van der Waals surface area contributed by atoms with Crippen LogP contribution >= 0.6 is 0 Å². The fourth-order valence-corrected chi connectivity index (χ4v) is 1.33. The maximum atomic E-state index is 13.0. The maximum Gasteiger partial charge on any atom is 0.419 e. The van der Waals surface area contributed by atoms with E-state index in [2.05, 4.69) is 5.32 Å². The lowest BCUT2D eigenvalue weighted by molar-refractivity contribution is -0.140. The van der Waals surface area contributed by atoms with Crippen LogP contribution in [0.5, 0.6) is 0 Å². The van der Waals surface area contributed by atoms with E-state index in [0.717, 1.165) is 6.07 Å². The Morgan fingerprint density at radius 2 is 1.90 bits per heavy atom. The maximum absolute atomic E-state index is 13.0. The van der Waals surface area contributed by atoms with Crippen LogP contribution in [0.25, 0.3) is 0 Å². The van der Waals surface area contributed by atoms with E-state index in [1.165, 1.54) is 6.92 Å². The summed E-state index contributed by atoms with van der Waals surface area (Å²) in [5.41, 5.74) is -1.93. The van der Waals surface area contributed by atoms with E-state index in [0.29, 0.717) is 12.1 Å². The largest absolute Gasteiger partial charge is 0.419 e. The average molecular weight is 308 g/mol. The first-order chi connectivity index (χ1) is 9.61. The van der Waals surface area contributed by atoms with Crippen molar-refractivity contribution in [3.05, 3.63) is 29.6 Å². The van der Waals surface area contributed by atoms with Gasteiger partial charge < -0.3 is 15.7 Å². The van der Waals surface area contributed by atoms with Gasteiger partial charge >= 0.3 is 18.0 Å². The summed E-state index contributed by atoms with van der Waals surface area (Å²) >= 11 is 0. The molecule has 0 fully saturated rings. The van der Waals surface area contributed by atoms with Gasteiger partial charge in [-0.25, -0.2) is 4.39 Å². The predicted molar refractivity (Wildman–Crippen MR) is 64.7 cm³/mol. The monoisotopic (exact) mass is 308 g/mol. The zero-order valence-corrected chi connectivity index (χ0v) is 10.8. The Morgan fingerprint density at radius 1 is 1.29 bits per heavy atom.